The molecule has 0 saturated heterocycles. The molecule has 33 heavy (non-hydrogen) atoms. The molecule has 0 amide bonds. The molecule has 4 aliphatic carbocycles. The lowest BCUT2D eigenvalue weighted by Gasteiger charge is -2.59. The Balaban J connectivity index is 1.43. The minimum Gasteiger partial charge on any atom is -0.435 e. The van der Waals surface area contributed by atoms with Crippen molar-refractivity contribution >= 4 is 6.16 Å². The molecule has 0 aliphatic heterocycles. The van der Waals surface area contributed by atoms with E-state index in [2.05, 4.69) is 46.8 Å². The minimum absolute atomic E-state index is 0.116. The summed E-state index contributed by atoms with van der Waals surface area (Å²) in [5.74, 6) is 5.84. The van der Waals surface area contributed by atoms with Crippen LogP contribution in [0.25, 0.3) is 0 Å². The Hall–Kier alpha value is -0.990. The van der Waals surface area contributed by atoms with E-state index in [-0.39, 0.29) is 11.5 Å². The molecule has 0 bridgehead atoms. The van der Waals surface area contributed by atoms with E-state index in [1.165, 1.54) is 57.8 Å². The second-order valence-corrected chi connectivity index (χ2v) is 13.0. The van der Waals surface area contributed by atoms with Crippen molar-refractivity contribution in [3.63, 3.8) is 0 Å². The third kappa shape index (κ3) is 4.76. The lowest BCUT2D eigenvalue weighted by Crippen LogP contribution is -2.53. The summed E-state index contributed by atoms with van der Waals surface area (Å²) in [6.45, 7) is 14.7. The molecular weight excluding hydrogens is 408 g/mol. The van der Waals surface area contributed by atoms with Crippen molar-refractivity contribution in [1.29, 1.82) is 0 Å². The topological polar surface area (TPSA) is 35.5 Å². The second-order valence-electron chi connectivity index (χ2n) is 13.0. The molecule has 3 heteroatoms. The molecule has 0 N–H and O–H groups in total. The van der Waals surface area contributed by atoms with E-state index in [0.717, 1.165) is 41.9 Å². The molecule has 0 aromatic heterocycles. The van der Waals surface area contributed by atoms with Gasteiger partial charge in [0.2, 0.25) is 0 Å². The van der Waals surface area contributed by atoms with E-state index in [4.69, 9.17) is 9.47 Å². The monoisotopic (exact) mass is 458 g/mol. The fourth-order valence-electron chi connectivity index (χ4n) is 9.16. The Bertz CT molecular complexity index is 713. The van der Waals surface area contributed by atoms with Crippen LogP contribution in [0, 0.1) is 52.3 Å². The number of rotatable bonds is 7. The van der Waals surface area contributed by atoms with Crippen molar-refractivity contribution in [2.45, 2.75) is 112 Å². The molecule has 188 valence electrons. The zero-order valence-corrected chi connectivity index (χ0v) is 22.3. The van der Waals surface area contributed by atoms with Gasteiger partial charge in [0.15, 0.2) is 0 Å². The lowest BCUT2D eigenvalue weighted by molar-refractivity contribution is -0.0928. The fraction of sp³-hybridized carbons (Fsp3) is 0.900. The van der Waals surface area contributed by atoms with Gasteiger partial charge in [-0.2, -0.15) is 0 Å². The average molecular weight is 459 g/mol. The maximum atomic E-state index is 11.8. The predicted octanol–water partition coefficient (Wildman–Crippen LogP) is 8.43. The Kier molecular flexibility index (Phi) is 7.56. The highest BCUT2D eigenvalue weighted by Crippen LogP contribution is 2.67. The first-order chi connectivity index (χ1) is 15.7. The summed E-state index contributed by atoms with van der Waals surface area (Å²) in [6, 6.07) is 0. The Labute approximate surface area is 203 Å². The second kappa shape index (κ2) is 9.94. The van der Waals surface area contributed by atoms with Crippen molar-refractivity contribution in [2.24, 2.45) is 52.3 Å². The molecule has 3 nitrogen and oxygen atoms in total. The normalized spacial score (nSPS) is 42.9. The third-order valence-electron chi connectivity index (χ3n) is 10.9. The molecule has 3 fully saturated rings. The number of ether oxygens (including phenoxy) is 2. The summed E-state index contributed by atoms with van der Waals surface area (Å²) in [4.78, 5) is 11.8. The van der Waals surface area contributed by atoms with E-state index in [1.807, 2.05) is 6.92 Å². The first kappa shape index (κ1) is 25.1. The summed E-state index contributed by atoms with van der Waals surface area (Å²) >= 11 is 0. The van der Waals surface area contributed by atoms with Crippen molar-refractivity contribution in [1.82, 2.24) is 0 Å². The summed E-state index contributed by atoms with van der Waals surface area (Å²) in [5, 5.41) is 0. The van der Waals surface area contributed by atoms with Crippen LogP contribution in [-0.2, 0) is 9.47 Å². The summed E-state index contributed by atoms with van der Waals surface area (Å²) in [6.07, 6.45) is 17.5. The number of carbonyl (C=O) groups excluding carboxylic acids is 1. The van der Waals surface area contributed by atoms with E-state index in [1.54, 1.807) is 0 Å². The van der Waals surface area contributed by atoms with E-state index in [0.29, 0.717) is 17.9 Å². The van der Waals surface area contributed by atoms with Gasteiger partial charge >= 0.3 is 6.16 Å². The van der Waals surface area contributed by atoms with Gasteiger partial charge in [-0.25, -0.2) is 4.79 Å². The average Bonchev–Trinajstić information content (AvgIpc) is 3.11. The highest BCUT2D eigenvalue weighted by Gasteiger charge is 2.60. The van der Waals surface area contributed by atoms with Crippen LogP contribution >= 0.6 is 0 Å². The molecule has 4 aliphatic rings. The molecule has 0 spiro atoms. The Morgan fingerprint density at radius 2 is 1.82 bits per heavy atom. The van der Waals surface area contributed by atoms with Crippen molar-refractivity contribution in [2.75, 3.05) is 6.61 Å². The van der Waals surface area contributed by atoms with Crippen molar-refractivity contribution < 1.29 is 14.3 Å². The Morgan fingerprint density at radius 3 is 2.55 bits per heavy atom. The van der Waals surface area contributed by atoms with Crippen LogP contribution in [0.5, 0.6) is 0 Å². The summed E-state index contributed by atoms with van der Waals surface area (Å²) in [5.41, 5.74) is 0.815. The van der Waals surface area contributed by atoms with Gasteiger partial charge in [0, 0.05) is 0 Å². The highest BCUT2D eigenvalue weighted by molar-refractivity contribution is 5.60. The maximum Gasteiger partial charge on any atom is 0.508 e. The van der Waals surface area contributed by atoms with Crippen LogP contribution in [-0.4, -0.2) is 18.9 Å². The smallest absolute Gasteiger partial charge is 0.435 e. The Morgan fingerprint density at radius 1 is 1.03 bits per heavy atom. The van der Waals surface area contributed by atoms with Gasteiger partial charge in [0.05, 0.1) is 6.61 Å². The van der Waals surface area contributed by atoms with Crippen LogP contribution in [0.4, 0.5) is 4.79 Å². The zero-order valence-electron chi connectivity index (χ0n) is 22.3. The number of allylic oxidation sites excluding steroid dienone is 1. The fourth-order valence-corrected chi connectivity index (χ4v) is 9.16. The lowest BCUT2D eigenvalue weighted by atomic mass is 9.45. The third-order valence-corrected chi connectivity index (χ3v) is 10.9. The van der Waals surface area contributed by atoms with E-state index in [9.17, 15) is 4.79 Å². The van der Waals surface area contributed by atoms with Crippen molar-refractivity contribution in [3.8, 4) is 0 Å². The van der Waals surface area contributed by atoms with Gasteiger partial charge in [-0.1, -0.05) is 60.0 Å². The largest absolute Gasteiger partial charge is 0.508 e. The van der Waals surface area contributed by atoms with Gasteiger partial charge in [-0.15, -0.1) is 0 Å². The first-order valence-corrected chi connectivity index (χ1v) is 14.2. The minimum atomic E-state index is -0.516. The van der Waals surface area contributed by atoms with Gasteiger partial charge in [0.1, 0.15) is 6.10 Å². The number of hydrogen-bond donors (Lipinski definition) is 0. The molecule has 0 aromatic rings. The van der Waals surface area contributed by atoms with Gasteiger partial charge in [-0.05, 0) is 110 Å². The predicted molar refractivity (Wildman–Crippen MR) is 135 cm³/mol. The quantitative estimate of drug-likeness (QED) is 0.284. The van der Waals surface area contributed by atoms with Crippen LogP contribution in [0.3, 0.4) is 0 Å². The zero-order chi connectivity index (χ0) is 23.8. The summed E-state index contributed by atoms with van der Waals surface area (Å²) in [7, 11) is 0. The SMILES string of the molecule is CCOC(=O)OC1C=CC2(C)C(CCC3C2CCC2(C)C(C(C)CCCC(C)C)CCC32)C1. The molecule has 3 saturated carbocycles. The van der Waals surface area contributed by atoms with Crippen LogP contribution < -0.4 is 0 Å². The van der Waals surface area contributed by atoms with Gasteiger partial charge in [-0.3, -0.25) is 0 Å². The number of carbonyl (C=O) groups is 1. The molecule has 0 aromatic carbocycles. The standard InChI is InChI=1S/C30H50O3/c1-7-32-28(31)33-23-15-17-29(5)22(19-23)11-12-24-26-14-13-25(21(4)10-8-9-20(2)3)30(26,6)18-16-27(24)29/h15,17,20-27H,7-14,16,18-19H2,1-6H3. The van der Waals surface area contributed by atoms with Crippen LogP contribution in [0.1, 0.15) is 106 Å². The van der Waals surface area contributed by atoms with Crippen LogP contribution in [0.2, 0.25) is 0 Å². The molecule has 9 atom stereocenters. The highest BCUT2D eigenvalue weighted by atomic mass is 16.7. The van der Waals surface area contributed by atoms with Crippen molar-refractivity contribution in [3.05, 3.63) is 12.2 Å². The van der Waals surface area contributed by atoms with Gasteiger partial charge < -0.3 is 9.47 Å². The molecular formula is C30H50O3. The molecule has 0 heterocycles. The number of fused-ring (bicyclic) bond motifs is 5. The maximum absolute atomic E-state index is 11.8. The van der Waals surface area contributed by atoms with E-state index >= 15 is 0 Å². The molecule has 4 rings (SSSR count). The molecule has 9 unspecified atom stereocenters. The van der Waals surface area contributed by atoms with Gasteiger partial charge in [0.25, 0.3) is 0 Å². The first-order valence-electron chi connectivity index (χ1n) is 14.2. The van der Waals surface area contributed by atoms with Crippen LogP contribution in [0.15, 0.2) is 12.2 Å². The molecule has 0 radical (unpaired) electrons. The number of hydrogen-bond acceptors (Lipinski definition) is 3. The summed E-state index contributed by atoms with van der Waals surface area (Å²) < 4.78 is 10.6. The van der Waals surface area contributed by atoms with E-state index < -0.39 is 6.16 Å².